The van der Waals surface area contributed by atoms with E-state index in [0.717, 1.165) is 28.2 Å². The maximum atomic E-state index is 12.5. The van der Waals surface area contributed by atoms with Crippen LogP contribution in [0.5, 0.6) is 0 Å². The second kappa shape index (κ2) is 8.01. The Morgan fingerprint density at radius 3 is 2.30 bits per heavy atom. The molecule has 0 aliphatic carbocycles. The van der Waals surface area contributed by atoms with Crippen LogP contribution in [-0.2, 0) is 0 Å². The molecule has 0 saturated heterocycles. The number of carbonyl (C=O) groups is 2. The van der Waals surface area contributed by atoms with E-state index in [1.54, 1.807) is 6.92 Å². The van der Waals surface area contributed by atoms with Crippen molar-refractivity contribution < 1.29 is 9.59 Å². The second-order valence-corrected chi connectivity index (χ2v) is 7.20. The summed E-state index contributed by atoms with van der Waals surface area (Å²) in [6.45, 7) is 5.68. The number of hydrogen-bond acceptors (Lipinski definition) is 4. The van der Waals surface area contributed by atoms with Gasteiger partial charge in [0, 0.05) is 11.4 Å². The van der Waals surface area contributed by atoms with Crippen LogP contribution in [0.2, 0.25) is 0 Å². The third-order valence-electron chi connectivity index (χ3n) is 3.81. The van der Waals surface area contributed by atoms with Gasteiger partial charge in [-0.15, -0.1) is 0 Å². The Kier molecular flexibility index (Phi) is 5.52. The molecule has 7 heteroatoms. The minimum absolute atomic E-state index is 0.248. The van der Waals surface area contributed by atoms with Gasteiger partial charge in [0.15, 0.2) is 5.13 Å². The van der Waals surface area contributed by atoms with Gasteiger partial charge in [-0.1, -0.05) is 41.2 Å². The average Bonchev–Trinajstić information content (AvgIpc) is 2.97. The highest BCUT2D eigenvalue weighted by Crippen LogP contribution is 2.24. The maximum absolute atomic E-state index is 12.5. The molecule has 3 amide bonds. The zero-order chi connectivity index (χ0) is 19.4. The van der Waals surface area contributed by atoms with E-state index in [9.17, 15) is 9.59 Å². The Labute approximate surface area is 161 Å². The maximum Gasteiger partial charge on any atom is 0.325 e. The first kappa shape index (κ1) is 18.6. The van der Waals surface area contributed by atoms with E-state index >= 15 is 0 Å². The lowest BCUT2D eigenvalue weighted by atomic mass is 10.2. The van der Waals surface area contributed by atoms with Gasteiger partial charge in [-0.25, -0.2) is 9.78 Å². The quantitative estimate of drug-likeness (QED) is 0.598. The molecule has 0 fully saturated rings. The fourth-order valence-electron chi connectivity index (χ4n) is 2.47. The molecule has 0 radical (unpaired) electrons. The van der Waals surface area contributed by atoms with Gasteiger partial charge in [0.25, 0.3) is 5.91 Å². The molecular weight excluding hydrogens is 360 g/mol. The van der Waals surface area contributed by atoms with Crippen molar-refractivity contribution >= 4 is 39.8 Å². The number of nitrogens with zero attached hydrogens (tertiary/aromatic N) is 1. The van der Waals surface area contributed by atoms with Crippen molar-refractivity contribution in [1.82, 2.24) is 4.98 Å². The highest BCUT2D eigenvalue weighted by molar-refractivity contribution is 7.17. The van der Waals surface area contributed by atoms with Crippen molar-refractivity contribution in [2.75, 3.05) is 16.0 Å². The van der Waals surface area contributed by atoms with Crippen LogP contribution < -0.4 is 16.0 Å². The van der Waals surface area contributed by atoms with E-state index in [1.807, 2.05) is 62.4 Å². The predicted molar refractivity (Wildman–Crippen MR) is 110 cm³/mol. The summed E-state index contributed by atoms with van der Waals surface area (Å²) in [5, 5.41) is 8.63. The lowest BCUT2D eigenvalue weighted by molar-refractivity contribution is 0.103. The summed E-state index contributed by atoms with van der Waals surface area (Å²) in [5.74, 6) is -0.248. The molecule has 3 rings (SSSR count). The third kappa shape index (κ3) is 4.92. The summed E-state index contributed by atoms with van der Waals surface area (Å²) in [5.41, 5.74) is 4.14. The molecule has 0 spiro atoms. The van der Waals surface area contributed by atoms with Crippen molar-refractivity contribution in [3.8, 4) is 0 Å². The highest BCUT2D eigenvalue weighted by atomic mass is 32.1. The number of amides is 3. The first-order valence-corrected chi connectivity index (χ1v) is 9.22. The van der Waals surface area contributed by atoms with Crippen LogP contribution in [0, 0.1) is 20.8 Å². The van der Waals surface area contributed by atoms with Gasteiger partial charge in [-0.3, -0.25) is 10.1 Å². The van der Waals surface area contributed by atoms with Crippen LogP contribution in [-0.4, -0.2) is 16.9 Å². The molecule has 0 unspecified atom stereocenters. The van der Waals surface area contributed by atoms with Crippen molar-refractivity contribution in [3.63, 3.8) is 0 Å². The summed E-state index contributed by atoms with van der Waals surface area (Å²) >= 11 is 1.14. The van der Waals surface area contributed by atoms with Gasteiger partial charge in [0.2, 0.25) is 0 Å². The first-order valence-electron chi connectivity index (χ1n) is 8.41. The molecule has 1 aromatic heterocycles. The molecule has 0 atom stereocenters. The largest absolute Gasteiger partial charge is 0.325 e. The zero-order valence-electron chi connectivity index (χ0n) is 15.3. The fraction of sp³-hybridized carbons (Fsp3) is 0.150. The van der Waals surface area contributed by atoms with E-state index in [0.29, 0.717) is 21.4 Å². The van der Waals surface area contributed by atoms with E-state index < -0.39 is 6.03 Å². The number of thiazole rings is 1. The normalized spacial score (nSPS) is 10.3. The Bertz CT molecular complexity index is 980. The van der Waals surface area contributed by atoms with Gasteiger partial charge in [-0.2, -0.15) is 0 Å². The Balaban J connectivity index is 1.65. The Hall–Kier alpha value is -3.19. The van der Waals surface area contributed by atoms with Crippen molar-refractivity contribution in [2.45, 2.75) is 20.8 Å². The summed E-state index contributed by atoms with van der Waals surface area (Å²) in [7, 11) is 0. The van der Waals surface area contributed by atoms with Gasteiger partial charge in [0.1, 0.15) is 4.88 Å². The molecular formula is C20H20N4O2S. The van der Waals surface area contributed by atoms with Crippen molar-refractivity contribution in [1.29, 1.82) is 0 Å². The summed E-state index contributed by atoms with van der Waals surface area (Å²) in [6.07, 6.45) is 0. The van der Waals surface area contributed by atoms with Crippen LogP contribution in [0.1, 0.15) is 26.5 Å². The van der Waals surface area contributed by atoms with Crippen molar-refractivity contribution in [3.05, 3.63) is 70.2 Å². The molecule has 3 aromatic rings. The monoisotopic (exact) mass is 380 g/mol. The second-order valence-electron chi connectivity index (χ2n) is 6.20. The number of benzene rings is 2. The number of rotatable bonds is 4. The highest BCUT2D eigenvalue weighted by Gasteiger charge is 2.17. The van der Waals surface area contributed by atoms with Gasteiger partial charge in [0.05, 0.1) is 5.69 Å². The van der Waals surface area contributed by atoms with E-state index in [4.69, 9.17) is 0 Å². The molecule has 2 aromatic carbocycles. The molecule has 138 valence electrons. The number of nitrogens with one attached hydrogen (secondary N) is 3. The number of urea groups is 1. The number of carbonyl (C=O) groups excluding carboxylic acids is 2. The van der Waals surface area contributed by atoms with Gasteiger partial charge >= 0.3 is 6.03 Å². The molecule has 1 heterocycles. The standard InChI is InChI=1S/C20H20N4O2S/c1-12-7-9-15(10-8-12)23-19(26)24-20-21-14(3)17(27-20)18(25)22-16-6-4-5-13(2)11-16/h4-11H,1-3H3,(H,22,25)(H2,21,23,24,26). The number of aromatic nitrogens is 1. The summed E-state index contributed by atoms with van der Waals surface area (Å²) in [6, 6.07) is 14.6. The topological polar surface area (TPSA) is 83.1 Å². The van der Waals surface area contributed by atoms with Crippen LogP contribution in [0.25, 0.3) is 0 Å². The van der Waals surface area contributed by atoms with Crippen LogP contribution >= 0.6 is 11.3 Å². The van der Waals surface area contributed by atoms with Crippen molar-refractivity contribution in [2.24, 2.45) is 0 Å². The predicted octanol–water partition coefficient (Wildman–Crippen LogP) is 4.96. The number of aryl methyl sites for hydroxylation is 3. The molecule has 0 aliphatic rings. The first-order chi connectivity index (χ1) is 12.9. The van der Waals surface area contributed by atoms with E-state index in [1.165, 1.54) is 0 Å². The number of hydrogen-bond donors (Lipinski definition) is 3. The van der Waals surface area contributed by atoms with Gasteiger partial charge < -0.3 is 10.6 Å². The Morgan fingerprint density at radius 2 is 1.59 bits per heavy atom. The van der Waals surface area contributed by atoms with E-state index in [-0.39, 0.29) is 5.91 Å². The zero-order valence-corrected chi connectivity index (χ0v) is 16.1. The number of anilines is 3. The lowest BCUT2D eigenvalue weighted by Crippen LogP contribution is -2.19. The minimum atomic E-state index is -0.404. The van der Waals surface area contributed by atoms with Crippen LogP contribution in [0.3, 0.4) is 0 Å². The summed E-state index contributed by atoms with van der Waals surface area (Å²) < 4.78 is 0. The molecule has 3 N–H and O–H groups in total. The molecule has 27 heavy (non-hydrogen) atoms. The lowest BCUT2D eigenvalue weighted by Gasteiger charge is -2.05. The molecule has 0 saturated carbocycles. The smallest absolute Gasteiger partial charge is 0.321 e. The molecule has 0 aliphatic heterocycles. The van der Waals surface area contributed by atoms with E-state index in [2.05, 4.69) is 20.9 Å². The molecule has 6 nitrogen and oxygen atoms in total. The van der Waals surface area contributed by atoms with Crippen LogP contribution in [0.15, 0.2) is 48.5 Å². The summed E-state index contributed by atoms with van der Waals surface area (Å²) in [4.78, 5) is 29.4. The van der Waals surface area contributed by atoms with Crippen LogP contribution in [0.4, 0.5) is 21.3 Å². The fourth-order valence-corrected chi connectivity index (χ4v) is 3.32. The Morgan fingerprint density at radius 1 is 0.852 bits per heavy atom. The molecule has 0 bridgehead atoms. The SMILES string of the molecule is Cc1ccc(NC(=O)Nc2nc(C)c(C(=O)Nc3cccc(C)c3)s2)cc1. The minimum Gasteiger partial charge on any atom is -0.321 e. The van der Waals surface area contributed by atoms with Gasteiger partial charge in [-0.05, 0) is 50.6 Å². The third-order valence-corrected chi connectivity index (χ3v) is 4.88. The average molecular weight is 380 g/mol.